The molecule has 0 aromatic heterocycles. The number of benzene rings is 1. The number of amides is 1. The SMILES string of the molecule is CC(C)C[C@H](NC(=O)C(Cl)COc1ccccc1)C(=O)O. The molecule has 0 spiro atoms. The molecule has 0 aliphatic carbocycles. The number of carbonyl (C=O) groups is 2. The van der Waals surface area contributed by atoms with Crippen LogP contribution in [0.2, 0.25) is 0 Å². The maximum Gasteiger partial charge on any atom is 0.326 e. The predicted molar refractivity (Wildman–Crippen MR) is 80.6 cm³/mol. The van der Waals surface area contributed by atoms with Gasteiger partial charge in [0, 0.05) is 0 Å². The fourth-order valence-electron chi connectivity index (χ4n) is 1.72. The van der Waals surface area contributed by atoms with Gasteiger partial charge in [-0.2, -0.15) is 0 Å². The number of hydrogen-bond donors (Lipinski definition) is 2. The summed E-state index contributed by atoms with van der Waals surface area (Å²) >= 11 is 5.94. The maximum absolute atomic E-state index is 11.9. The van der Waals surface area contributed by atoms with Crippen molar-refractivity contribution in [2.75, 3.05) is 6.61 Å². The molecule has 0 aliphatic heterocycles. The lowest BCUT2D eigenvalue weighted by Crippen LogP contribution is -2.46. The zero-order chi connectivity index (χ0) is 15.8. The molecule has 2 N–H and O–H groups in total. The summed E-state index contributed by atoms with van der Waals surface area (Å²) < 4.78 is 5.37. The number of para-hydroxylation sites is 1. The minimum atomic E-state index is -1.06. The second-order valence-corrected chi connectivity index (χ2v) is 5.65. The molecule has 0 aliphatic rings. The number of carboxylic acid groups (broad SMARTS) is 1. The summed E-state index contributed by atoms with van der Waals surface area (Å²) in [5.41, 5.74) is 0. The van der Waals surface area contributed by atoms with Gasteiger partial charge in [0.2, 0.25) is 5.91 Å². The Bertz CT molecular complexity index is 464. The van der Waals surface area contributed by atoms with E-state index >= 15 is 0 Å². The van der Waals surface area contributed by atoms with Crippen LogP contribution < -0.4 is 10.1 Å². The Morgan fingerprint density at radius 3 is 2.43 bits per heavy atom. The van der Waals surface area contributed by atoms with Crippen LogP contribution in [-0.4, -0.2) is 35.0 Å². The quantitative estimate of drug-likeness (QED) is 0.722. The van der Waals surface area contributed by atoms with Gasteiger partial charge in [0.1, 0.15) is 23.8 Å². The Morgan fingerprint density at radius 2 is 1.90 bits per heavy atom. The first kappa shape index (κ1) is 17.3. The lowest BCUT2D eigenvalue weighted by atomic mass is 10.0. The lowest BCUT2D eigenvalue weighted by Gasteiger charge is -2.18. The van der Waals surface area contributed by atoms with E-state index in [1.165, 1.54) is 0 Å². The second kappa shape index (κ2) is 8.52. The minimum absolute atomic E-state index is 0.0224. The third kappa shape index (κ3) is 6.49. The number of ether oxygens (including phenoxy) is 1. The molecule has 5 nitrogen and oxygen atoms in total. The van der Waals surface area contributed by atoms with Crippen LogP contribution in [0.1, 0.15) is 20.3 Å². The van der Waals surface area contributed by atoms with Gasteiger partial charge in [-0.15, -0.1) is 11.6 Å². The van der Waals surface area contributed by atoms with Gasteiger partial charge < -0.3 is 15.2 Å². The van der Waals surface area contributed by atoms with Gasteiger partial charge in [0.05, 0.1) is 0 Å². The average Bonchev–Trinajstić information content (AvgIpc) is 2.44. The van der Waals surface area contributed by atoms with Crippen LogP contribution in [0.15, 0.2) is 30.3 Å². The van der Waals surface area contributed by atoms with Crippen molar-refractivity contribution in [2.24, 2.45) is 5.92 Å². The monoisotopic (exact) mass is 313 g/mol. The summed E-state index contributed by atoms with van der Waals surface area (Å²) in [4.78, 5) is 23.0. The van der Waals surface area contributed by atoms with Crippen LogP contribution in [0.3, 0.4) is 0 Å². The number of hydrogen-bond acceptors (Lipinski definition) is 3. The van der Waals surface area contributed by atoms with Gasteiger partial charge in [0.15, 0.2) is 0 Å². The Kier molecular flexibility index (Phi) is 7.02. The van der Waals surface area contributed by atoms with Crippen LogP contribution in [0.4, 0.5) is 0 Å². The summed E-state index contributed by atoms with van der Waals surface area (Å²) in [6.45, 7) is 3.75. The molecule has 0 saturated heterocycles. The molecule has 1 amide bonds. The molecule has 1 aromatic rings. The average molecular weight is 314 g/mol. The van der Waals surface area contributed by atoms with Crippen molar-refractivity contribution in [3.8, 4) is 5.75 Å². The first-order valence-electron chi connectivity index (χ1n) is 6.75. The molecule has 21 heavy (non-hydrogen) atoms. The Balaban J connectivity index is 2.47. The first-order chi connectivity index (χ1) is 9.90. The molecule has 1 unspecified atom stereocenters. The summed E-state index contributed by atoms with van der Waals surface area (Å²) in [5.74, 6) is -0.848. The highest BCUT2D eigenvalue weighted by Crippen LogP contribution is 2.11. The van der Waals surface area contributed by atoms with Crippen LogP contribution in [0, 0.1) is 5.92 Å². The second-order valence-electron chi connectivity index (χ2n) is 5.12. The topological polar surface area (TPSA) is 75.6 Å². The Labute approximate surface area is 129 Å². The normalized spacial score (nSPS) is 13.5. The van der Waals surface area contributed by atoms with Crippen molar-refractivity contribution in [1.82, 2.24) is 5.32 Å². The molecule has 1 rings (SSSR count). The zero-order valence-electron chi connectivity index (χ0n) is 12.1. The number of halogens is 1. The molecule has 0 fully saturated rings. The van der Waals surface area contributed by atoms with Crippen LogP contribution in [-0.2, 0) is 9.59 Å². The number of nitrogens with one attached hydrogen (secondary N) is 1. The van der Waals surface area contributed by atoms with E-state index in [1.807, 2.05) is 32.0 Å². The highest BCUT2D eigenvalue weighted by Gasteiger charge is 2.25. The molecule has 0 bridgehead atoms. The van der Waals surface area contributed by atoms with E-state index in [4.69, 9.17) is 21.4 Å². The number of carbonyl (C=O) groups excluding carboxylic acids is 1. The van der Waals surface area contributed by atoms with Crippen LogP contribution >= 0.6 is 11.6 Å². The molecule has 0 heterocycles. The minimum Gasteiger partial charge on any atom is -0.492 e. The van der Waals surface area contributed by atoms with Gasteiger partial charge in [-0.25, -0.2) is 4.79 Å². The predicted octanol–water partition coefficient (Wildman–Crippen LogP) is 2.29. The Morgan fingerprint density at radius 1 is 1.29 bits per heavy atom. The lowest BCUT2D eigenvalue weighted by molar-refractivity contribution is -0.142. The zero-order valence-corrected chi connectivity index (χ0v) is 12.8. The molecule has 2 atom stereocenters. The third-order valence-corrected chi connectivity index (χ3v) is 3.07. The first-order valence-corrected chi connectivity index (χ1v) is 7.19. The standard InChI is InChI=1S/C15H20ClNO4/c1-10(2)8-13(15(19)20)17-14(18)12(16)9-21-11-6-4-3-5-7-11/h3-7,10,12-13H,8-9H2,1-2H3,(H,17,18)(H,19,20)/t12?,13-/m0/s1. The van der Waals surface area contributed by atoms with Crippen molar-refractivity contribution in [3.05, 3.63) is 30.3 Å². The molecule has 6 heteroatoms. The van der Waals surface area contributed by atoms with Crippen molar-refractivity contribution in [1.29, 1.82) is 0 Å². The van der Waals surface area contributed by atoms with Gasteiger partial charge in [-0.05, 0) is 24.5 Å². The number of carboxylic acids is 1. The van der Waals surface area contributed by atoms with E-state index in [-0.39, 0.29) is 12.5 Å². The summed E-state index contributed by atoms with van der Waals surface area (Å²) in [6.07, 6.45) is 0.351. The fourth-order valence-corrected chi connectivity index (χ4v) is 1.84. The molecule has 0 saturated carbocycles. The van der Waals surface area contributed by atoms with Crippen molar-refractivity contribution in [2.45, 2.75) is 31.7 Å². The number of rotatable bonds is 8. The fraction of sp³-hybridized carbons (Fsp3) is 0.467. The van der Waals surface area contributed by atoms with Gasteiger partial charge in [0.25, 0.3) is 0 Å². The van der Waals surface area contributed by atoms with E-state index < -0.39 is 23.3 Å². The van der Waals surface area contributed by atoms with E-state index in [1.54, 1.807) is 12.1 Å². The number of aliphatic carboxylic acids is 1. The summed E-state index contributed by atoms with van der Waals surface area (Å²) in [5, 5.41) is 10.6. The van der Waals surface area contributed by atoms with Gasteiger partial charge in [-0.3, -0.25) is 4.79 Å². The van der Waals surface area contributed by atoms with E-state index in [0.29, 0.717) is 12.2 Å². The molecule has 0 radical (unpaired) electrons. The van der Waals surface area contributed by atoms with E-state index in [2.05, 4.69) is 5.32 Å². The van der Waals surface area contributed by atoms with Crippen molar-refractivity contribution in [3.63, 3.8) is 0 Å². The van der Waals surface area contributed by atoms with Gasteiger partial charge in [-0.1, -0.05) is 32.0 Å². The highest BCUT2D eigenvalue weighted by molar-refractivity contribution is 6.31. The smallest absolute Gasteiger partial charge is 0.326 e. The molecular formula is C15H20ClNO4. The molecular weight excluding hydrogens is 294 g/mol. The van der Waals surface area contributed by atoms with Crippen LogP contribution in [0.25, 0.3) is 0 Å². The van der Waals surface area contributed by atoms with Gasteiger partial charge >= 0.3 is 5.97 Å². The highest BCUT2D eigenvalue weighted by atomic mass is 35.5. The third-order valence-electron chi connectivity index (χ3n) is 2.75. The van der Waals surface area contributed by atoms with E-state index in [9.17, 15) is 9.59 Å². The summed E-state index contributed by atoms with van der Waals surface area (Å²) in [6, 6.07) is 8.03. The summed E-state index contributed by atoms with van der Waals surface area (Å²) in [7, 11) is 0. The molecule has 116 valence electrons. The van der Waals surface area contributed by atoms with Crippen molar-refractivity contribution >= 4 is 23.5 Å². The Hall–Kier alpha value is -1.75. The van der Waals surface area contributed by atoms with E-state index in [0.717, 1.165) is 0 Å². The molecule has 1 aromatic carbocycles. The van der Waals surface area contributed by atoms with Crippen molar-refractivity contribution < 1.29 is 19.4 Å². The van der Waals surface area contributed by atoms with Crippen LogP contribution in [0.5, 0.6) is 5.75 Å². The maximum atomic E-state index is 11.9. The largest absolute Gasteiger partial charge is 0.492 e. The number of alkyl halides is 1.